The van der Waals surface area contributed by atoms with E-state index in [1.165, 1.54) is 29.4 Å². The van der Waals surface area contributed by atoms with Gasteiger partial charge in [-0.3, -0.25) is 19.4 Å². The molecule has 0 saturated carbocycles. The van der Waals surface area contributed by atoms with E-state index >= 15 is 0 Å². The molecule has 0 atom stereocenters. The topological polar surface area (TPSA) is 100 Å². The van der Waals surface area contributed by atoms with Crippen molar-refractivity contribution in [3.05, 3.63) is 129 Å². The van der Waals surface area contributed by atoms with Crippen LogP contribution in [0.3, 0.4) is 0 Å². The molecule has 0 radical (unpaired) electrons. The lowest BCUT2D eigenvalue weighted by molar-refractivity contribution is -0.121. The molecule has 4 aromatic rings. The van der Waals surface area contributed by atoms with Crippen molar-refractivity contribution in [3.8, 4) is 0 Å². The van der Waals surface area contributed by atoms with Crippen molar-refractivity contribution in [3.63, 3.8) is 0 Å². The number of halogens is 3. The van der Waals surface area contributed by atoms with Crippen LogP contribution in [0.4, 0.5) is 0 Å². The number of carbonyl (C=O) groups is 3. The molecule has 300 valence electrons. The number of hydrogen-bond donors (Lipinski definition) is 3. The summed E-state index contributed by atoms with van der Waals surface area (Å²) in [5, 5.41) is 8.55. The molecule has 3 amide bonds. The van der Waals surface area contributed by atoms with Gasteiger partial charge in [-0.15, -0.1) is 0 Å². The van der Waals surface area contributed by atoms with Gasteiger partial charge in [-0.25, -0.2) is 0 Å². The molecule has 0 aliphatic rings. The highest BCUT2D eigenvalue weighted by Crippen LogP contribution is 2.24. The van der Waals surface area contributed by atoms with Crippen LogP contribution in [-0.4, -0.2) is 40.8 Å². The molecule has 0 fully saturated rings. The highest BCUT2D eigenvalue weighted by molar-refractivity contribution is 14.1. The minimum atomic E-state index is -0.0685. The Kier molecular flexibility index (Phi) is 24.2. The van der Waals surface area contributed by atoms with Crippen molar-refractivity contribution in [1.29, 1.82) is 0 Å². The summed E-state index contributed by atoms with van der Waals surface area (Å²) < 4.78 is 3.58. The number of benzene rings is 3. The Morgan fingerprint density at radius 2 is 1.15 bits per heavy atom. The number of pyridine rings is 1. The first-order chi connectivity index (χ1) is 25.7. The predicted octanol–water partition coefficient (Wildman–Crippen LogP) is 11.6. The molecule has 0 aliphatic carbocycles. The maximum Gasteiger partial charge on any atom is 0.253 e. The number of nitrogens with one attached hydrogen (secondary N) is 3. The zero-order chi connectivity index (χ0) is 41.8. The summed E-state index contributed by atoms with van der Waals surface area (Å²) in [6.07, 6.45) is 4.67. The second-order valence-electron chi connectivity index (χ2n) is 15.0. The Hall–Kier alpha value is -2.59. The standard InChI is InChI=1S/C13H18INO.C12H17I.C11H15NO.C9H11IN2O/c1-9(2)15-13(16)7-6-11-5-4-10(3)12(14)8-11;1-8(2)10-5-11(9(3)4)7-12(13)6-10;1-8(2)12-11(13)10-6-4-5-9(3)7-10;1-6(2)12-9(13)7-3-8(10)5-11-4-7/h4-5,8-9H,6-7H2,1-3H3,(H,15,16);5-9H,1-4H3;4-8H,1-3H3,(H,12,13);3-6H,1-2H3,(H,12,13). The summed E-state index contributed by atoms with van der Waals surface area (Å²) in [5.74, 6) is 1.32. The van der Waals surface area contributed by atoms with Crippen molar-refractivity contribution in [2.24, 2.45) is 0 Å². The molecule has 55 heavy (non-hydrogen) atoms. The Morgan fingerprint density at radius 3 is 1.62 bits per heavy atom. The summed E-state index contributed by atoms with van der Waals surface area (Å²) in [5.41, 5.74) is 7.88. The molecule has 0 unspecified atom stereocenters. The maximum absolute atomic E-state index is 11.5. The van der Waals surface area contributed by atoms with E-state index in [2.05, 4.69) is 160 Å². The minimum absolute atomic E-state index is 0.00120. The number of aromatic nitrogens is 1. The largest absolute Gasteiger partial charge is 0.354 e. The van der Waals surface area contributed by atoms with Crippen molar-refractivity contribution in [2.45, 2.75) is 126 Å². The van der Waals surface area contributed by atoms with Crippen LogP contribution in [0.2, 0.25) is 0 Å². The fourth-order valence-electron chi connectivity index (χ4n) is 4.76. The van der Waals surface area contributed by atoms with Crippen LogP contribution in [0.25, 0.3) is 0 Å². The average Bonchev–Trinajstić information content (AvgIpc) is 3.08. The van der Waals surface area contributed by atoms with Gasteiger partial charge in [0.05, 0.1) is 5.56 Å². The van der Waals surface area contributed by atoms with Gasteiger partial charge < -0.3 is 16.0 Å². The van der Waals surface area contributed by atoms with Gasteiger partial charge in [0.2, 0.25) is 5.91 Å². The van der Waals surface area contributed by atoms with Crippen LogP contribution in [0.5, 0.6) is 0 Å². The number of amides is 3. The number of rotatable bonds is 10. The maximum atomic E-state index is 11.5. The second-order valence-corrected chi connectivity index (χ2v) is 18.6. The zero-order valence-corrected chi connectivity index (χ0v) is 41.1. The van der Waals surface area contributed by atoms with Crippen LogP contribution in [0.15, 0.2) is 79.1 Å². The monoisotopic (exact) mass is 1090 g/mol. The fraction of sp³-hybridized carbons (Fsp3) is 0.422. The molecular formula is C45H61I3N4O3. The summed E-state index contributed by atoms with van der Waals surface area (Å²) in [6, 6.07) is 23.2. The Balaban J connectivity index is 0.000000368. The molecule has 3 N–H and O–H groups in total. The van der Waals surface area contributed by atoms with E-state index in [1.807, 2.05) is 78.8 Å². The van der Waals surface area contributed by atoms with Crippen LogP contribution in [0.1, 0.15) is 136 Å². The summed E-state index contributed by atoms with van der Waals surface area (Å²) >= 11 is 6.85. The first-order valence-corrected chi connectivity index (χ1v) is 22.1. The lowest BCUT2D eigenvalue weighted by atomic mass is 9.96. The third-order valence-corrected chi connectivity index (χ3v) is 10.1. The number of nitrogens with zero attached hydrogens (tertiary/aromatic N) is 1. The minimum Gasteiger partial charge on any atom is -0.354 e. The molecule has 1 heterocycles. The van der Waals surface area contributed by atoms with Gasteiger partial charge in [0, 0.05) is 53.2 Å². The quantitative estimate of drug-likeness (QED) is 0.138. The Labute approximate surface area is 372 Å². The lowest BCUT2D eigenvalue weighted by Crippen LogP contribution is -2.30. The van der Waals surface area contributed by atoms with E-state index in [1.54, 1.807) is 12.4 Å². The van der Waals surface area contributed by atoms with Gasteiger partial charge in [-0.2, -0.15) is 0 Å². The highest BCUT2D eigenvalue weighted by atomic mass is 127. The van der Waals surface area contributed by atoms with Crippen LogP contribution in [0, 0.1) is 24.6 Å². The van der Waals surface area contributed by atoms with Gasteiger partial charge in [0.15, 0.2) is 0 Å². The third kappa shape index (κ3) is 22.1. The molecule has 4 rings (SSSR count). The van der Waals surface area contributed by atoms with Crippen LogP contribution >= 0.6 is 67.8 Å². The normalized spacial score (nSPS) is 10.5. The molecule has 0 saturated heterocycles. The zero-order valence-electron chi connectivity index (χ0n) is 34.6. The van der Waals surface area contributed by atoms with E-state index in [-0.39, 0.29) is 35.8 Å². The van der Waals surface area contributed by atoms with Crippen molar-refractivity contribution < 1.29 is 14.4 Å². The molecule has 0 spiro atoms. The first kappa shape index (κ1) is 50.4. The van der Waals surface area contributed by atoms with Crippen molar-refractivity contribution in [2.75, 3.05) is 0 Å². The summed E-state index contributed by atoms with van der Waals surface area (Å²) in [4.78, 5) is 38.4. The first-order valence-electron chi connectivity index (χ1n) is 18.8. The third-order valence-electron chi connectivity index (χ3n) is 7.69. The SMILES string of the molecule is CC(C)NC(=O)c1cncc(I)c1.CC(C)c1cc(I)cc(C(C)C)c1.Cc1ccc(CCC(=O)NC(C)C)cc1I.Cc1cccc(C(=O)NC(C)C)c1. The van der Waals surface area contributed by atoms with E-state index in [0.717, 1.165) is 21.1 Å². The molecule has 3 aromatic carbocycles. The van der Waals surface area contributed by atoms with Gasteiger partial charge in [-0.1, -0.05) is 63.6 Å². The second kappa shape index (κ2) is 26.4. The summed E-state index contributed by atoms with van der Waals surface area (Å²) in [6.45, 7) is 24.8. The van der Waals surface area contributed by atoms with Gasteiger partial charge in [0.1, 0.15) is 0 Å². The van der Waals surface area contributed by atoms with Gasteiger partial charge in [-0.05, 0) is 200 Å². The lowest BCUT2D eigenvalue weighted by Gasteiger charge is -2.11. The molecule has 10 heteroatoms. The fourth-order valence-corrected chi connectivity index (χ4v) is 6.56. The molecule has 7 nitrogen and oxygen atoms in total. The highest BCUT2D eigenvalue weighted by Gasteiger charge is 2.09. The Morgan fingerprint density at radius 1 is 0.600 bits per heavy atom. The van der Waals surface area contributed by atoms with Gasteiger partial charge >= 0.3 is 0 Å². The smallest absolute Gasteiger partial charge is 0.253 e. The predicted molar refractivity (Wildman–Crippen MR) is 256 cm³/mol. The summed E-state index contributed by atoms with van der Waals surface area (Å²) in [7, 11) is 0. The Bertz CT molecular complexity index is 1720. The van der Waals surface area contributed by atoms with E-state index in [0.29, 0.717) is 23.8 Å². The van der Waals surface area contributed by atoms with E-state index in [4.69, 9.17) is 0 Å². The van der Waals surface area contributed by atoms with Crippen molar-refractivity contribution in [1.82, 2.24) is 20.9 Å². The van der Waals surface area contributed by atoms with Crippen LogP contribution in [-0.2, 0) is 11.2 Å². The van der Waals surface area contributed by atoms with Gasteiger partial charge in [0.25, 0.3) is 11.8 Å². The van der Waals surface area contributed by atoms with Crippen molar-refractivity contribution >= 4 is 85.5 Å². The van der Waals surface area contributed by atoms with E-state index < -0.39 is 0 Å². The van der Waals surface area contributed by atoms with Crippen LogP contribution < -0.4 is 16.0 Å². The molecule has 1 aromatic heterocycles. The number of carbonyl (C=O) groups excluding carboxylic acids is 3. The number of hydrogen-bond acceptors (Lipinski definition) is 4. The molecule has 0 bridgehead atoms. The number of aryl methyl sites for hydroxylation is 3. The van der Waals surface area contributed by atoms with E-state index in [9.17, 15) is 14.4 Å². The molecular weight excluding hydrogens is 1030 g/mol. The molecule has 0 aliphatic heterocycles. The average molecular weight is 1090 g/mol.